The molecule has 2 rings (SSSR count). The number of anilines is 1. The Morgan fingerprint density at radius 3 is 2.41 bits per heavy atom. The van der Waals surface area contributed by atoms with Gasteiger partial charge in [-0.1, -0.05) is 0 Å². The maximum absolute atomic E-state index is 11.8. The van der Waals surface area contributed by atoms with Gasteiger partial charge in [0.25, 0.3) is 11.6 Å². The minimum Gasteiger partial charge on any atom is -0.484 e. The standard InChI is InChI=1S/C16H17N5O6S2/c1-10-8-12(4-7-14(10)21(23)24)27-9-15(22)19-20-16(28)18-11-2-5-13(6-3-11)29(17,25)26/h2-8H,9H2,1H3,(H,19,22)(H2,17,25,26)(H2,18,20,28). The van der Waals surface area contributed by atoms with Gasteiger partial charge in [-0.2, -0.15) is 0 Å². The fourth-order valence-electron chi connectivity index (χ4n) is 2.12. The van der Waals surface area contributed by atoms with E-state index in [0.717, 1.165) is 0 Å². The van der Waals surface area contributed by atoms with Gasteiger partial charge in [-0.3, -0.25) is 25.8 Å². The monoisotopic (exact) mass is 439 g/mol. The van der Waals surface area contributed by atoms with E-state index in [-0.39, 0.29) is 22.3 Å². The largest absolute Gasteiger partial charge is 0.484 e. The number of primary sulfonamides is 1. The van der Waals surface area contributed by atoms with E-state index >= 15 is 0 Å². The molecule has 2 aromatic carbocycles. The normalized spacial score (nSPS) is 10.7. The summed E-state index contributed by atoms with van der Waals surface area (Å²) in [5, 5.41) is 18.6. The maximum Gasteiger partial charge on any atom is 0.276 e. The molecule has 5 N–H and O–H groups in total. The molecule has 0 aromatic heterocycles. The molecular formula is C16H17N5O6S2. The second-order valence-corrected chi connectivity index (χ2v) is 7.66. The van der Waals surface area contributed by atoms with Gasteiger partial charge in [-0.05, 0) is 55.5 Å². The lowest BCUT2D eigenvalue weighted by molar-refractivity contribution is -0.385. The lowest BCUT2D eigenvalue weighted by Crippen LogP contribution is -2.45. The van der Waals surface area contributed by atoms with Gasteiger partial charge in [0.2, 0.25) is 10.0 Å². The Labute approximate surface area is 171 Å². The molecule has 0 spiro atoms. The predicted octanol–water partition coefficient (Wildman–Crippen LogP) is 0.947. The molecule has 0 fully saturated rings. The number of rotatable bonds is 6. The molecule has 0 aliphatic carbocycles. The van der Waals surface area contributed by atoms with Crippen LogP contribution in [0.5, 0.6) is 5.75 Å². The number of nitro groups is 1. The number of nitro benzene ring substituents is 1. The van der Waals surface area contributed by atoms with Crippen molar-refractivity contribution < 1.29 is 22.9 Å². The second-order valence-electron chi connectivity index (χ2n) is 5.69. The van der Waals surface area contributed by atoms with Crippen molar-refractivity contribution in [2.45, 2.75) is 11.8 Å². The molecule has 29 heavy (non-hydrogen) atoms. The van der Waals surface area contributed by atoms with Crippen LogP contribution in [0.15, 0.2) is 47.4 Å². The van der Waals surface area contributed by atoms with E-state index in [1.54, 1.807) is 6.92 Å². The molecule has 0 atom stereocenters. The highest BCUT2D eigenvalue weighted by Gasteiger charge is 2.12. The molecule has 1 amide bonds. The van der Waals surface area contributed by atoms with Crippen LogP contribution >= 0.6 is 12.2 Å². The van der Waals surface area contributed by atoms with Gasteiger partial charge in [0.05, 0.1) is 9.82 Å². The van der Waals surface area contributed by atoms with Crippen molar-refractivity contribution in [2.24, 2.45) is 5.14 Å². The van der Waals surface area contributed by atoms with E-state index in [0.29, 0.717) is 17.0 Å². The maximum atomic E-state index is 11.8. The van der Waals surface area contributed by atoms with Gasteiger partial charge >= 0.3 is 0 Å². The molecule has 0 saturated carbocycles. The van der Waals surface area contributed by atoms with Crippen LogP contribution in [0.1, 0.15) is 5.56 Å². The van der Waals surface area contributed by atoms with Crippen molar-refractivity contribution in [2.75, 3.05) is 11.9 Å². The summed E-state index contributed by atoms with van der Waals surface area (Å²) in [6.45, 7) is 1.21. The SMILES string of the molecule is Cc1cc(OCC(=O)NNC(=S)Nc2ccc(S(N)(=O)=O)cc2)ccc1[N+](=O)[O-]. The molecule has 0 saturated heterocycles. The number of carbonyl (C=O) groups is 1. The van der Waals surface area contributed by atoms with E-state index in [4.69, 9.17) is 22.1 Å². The summed E-state index contributed by atoms with van der Waals surface area (Å²) in [5.74, 6) is -0.242. The van der Waals surface area contributed by atoms with Crippen LogP contribution in [-0.4, -0.2) is 31.0 Å². The number of benzene rings is 2. The number of carbonyl (C=O) groups excluding carboxylic acids is 1. The number of aryl methyl sites for hydroxylation is 1. The number of nitrogens with two attached hydrogens (primary N) is 1. The molecule has 13 heteroatoms. The van der Waals surface area contributed by atoms with Crippen LogP contribution in [0.3, 0.4) is 0 Å². The number of hydrogen-bond acceptors (Lipinski definition) is 7. The van der Waals surface area contributed by atoms with Crippen LogP contribution in [-0.2, 0) is 14.8 Å². The summed E-state index contributed by atoms with van der Waals surface area (Å²) in [4.78, 5) is 22.0. The summed E-state index contributed by atoms with van der Waals surface area (Å²) in [7, 11) is -3.79. The fraction of sp³-hybridized carbons (Fsp3) is 0.125. The Kier molecular flexibility index (Phi) is 7.03. The zero-order chi connectivity index (χ0) is 21.6. The van der Waals surface area contributed by atoms with Crippen molar-refractivity contribution in [3.8, 4) is 5.75 Å². The van der Waals surface area contributed by atoms with Crippen molar-refractivity contribution >= 4 is 44.6 Å². The van der Waals surface area contributed by atoms with Gasteiger partial charge in [0.1, 0.15) is 5.75 Å². The van der Waals surface area contributed by atoms with Crippen LogP contribution in [0.2, 0.25) is 0 Å². The number of nitrogens with one attached hydrogen (secondary N) is 3. The molecule has 0 aliphatic heterocycles. The second kappa shape index (κ2) is 9.27. The third kappa shape index (κ3) is 6.67. The first kappa shape index (κ1) is 22.0. The zero-order valence-corrected chi connectivity index (χ0v) is 16.7. The van der Waals surface area contributed by atoms with Crippen molar-refractivity contribution in [1.82, 2.24) is 10.9 Å². The highest BCUT2D eigenvalue weighted by Crippen LogP contribution is 2.22. The summed E-state index contributed by atoms with van der Waals surface area (Å²) >= 11 is 5.01. The fourth-order valence-corrected chi connectivity index (χ4v) is 2.81. The first-order valence-electron chi connectivity index (χ1n) is 7.93. The number of sulfonamides is 1. The van der Waals surface area contributed by atoms with E-state index in [2.05, 4.69) is 16.2 Å². The lowest BCUT2D eigenvalue weighted by atomic mass is 10.2. The molecule has 0 radical (unpaired) electrons. The van der Waals surface area contributed by atoms with Crippen molar-refractivity contribution in [3.63, 3.8) is 0 Å². The van der Waals surface area contributed by atoms with Crippen molar-refractivity contribution in [1.29, 1.82) is 0 Å². The Balaban J connectivity index is 1.79. The van der Waals surface area contributed by atoms with E-state index in [1.807, 2.05) is 0 Å². The summed E-state index contributed by atoms with van der Waals surface area (Å²) in [6.07, 6.45) is 0. The molecule has 0 aliphatic rings. The first-order chi connectivity index (χ1) is 13.6. The highest BCUT2D eigenvalue weighted by molar-refractivity contribution is 7.89. The number of amides is 1. The van der Waals surface area contributed by atoms with Gasteiger partial charge in [-0.25, -0.2) is 13.6 Å². The number of hydrogen-bond donors (Lipinski definition) is 4. The van der Waals surface area contributed by atoms with Gasteiger partial charge in [-0.15, -0.1) is 0 Å². The van der Waals surface area contributed by atoms with Crippen LogP contribution < -0.4 is 26.0 Å². The zero-order valence-electron chi connectivity index (χ0n) is 15.0. The number of thiocarbonyl (C=S) groups is 1. The highest BCUT2D eigenvalue weighted by atomic mass is 32.2. The molecule has 0 heterocycles. The van der Waals surface area contributed by atoms with Gasteiger partial charge < -0.3 is 10.1 Å². The minimum atomic E-state index is -3.79. The Bertz CT molecular complexity index is 1040. The Hall–Kier alpha value is -3.29. The van der Waals surface area contributed by atoms with E-state index in [1.165, 1.54) is 42.5 Å². The Morgan fingerprint density at radius 2 is 1.86 bits per heavy atom. The van der Waals surface area contributed by atoms with Crippen LogP contribution in [0.4, 0.5) is 11.4 Å². The lowest BCUT2D eigenvalue weighted by Gasteiger charge is -2.12. The summed E-state index contributed by atoms with van der Waals surface area (Å²) in [5.41, 5.74) is 5.60. The van der Waals surface area contributed by atoms with Crippen LogP contribution in [0.25, 0.3) is 0 Å². The van der Waals surface area contributed by atoms with Crippen LogP contribution in [0, 0.1) is 17.0 Å². The average Bonchev–Trinajstić information content (AvgIpc) is 2.64. The molecule has 0 unspecified atom stereocenters. The first-order valence-corrected chi connectivity index (χ1v) is 9.88. The molecule has 2 aromatic rings. The molecular weight excluding hydrogens is 422 g/mol. The predicted molar refractivity (Wildman–Crippen MR) is 109 cm³/mol. The third-order valence-corrected chi connectivity index (χ3v) is 4.62. The van der Waals surface area contributed by atoms with Crippen molar-refractivity contribution in [3.05, 3.63) is 58.1 Å². The quantitative estimate of drug-likeness (QED) is 0.291. The average molecular weight is 439 g/mol. The van der Waals surface area contributed by atoms with E-state index in [9.17, 15) is 23.3 Å². The van der Waals surface area contributed by atoms with E-state index < -0.39 is 20.9 Å². The molecule has 11 nitrogen and oxygen atoms in total. The van der Waals surface area contributed by atoms with Gasteiger partial charge in [0, 0.05) is 17.3 Å². The number of hydrazine groups is 1. The molecule has 154 valence electrons. The number of ether oxygens (including phenoxy) is 1. The topological polar surface area (TPSA) is 166 Å². The smallest absolute Gasteiger partial charge is 0.276 e. The minimum absolute atomic E-state index is 0.0445. The summed E-state index contributed by atoms with van der Waals surface area (Å²) in [6, 6.07) is 9.66. The number of nitrogens with zero attached hydrogens (tertiary/aromatic N) is 1. The Morgan fingerprint density at radius 1 is 1.21 bits per heavy atom. The third-order valence-electron chi connectivity index (χ3n) is 3.49. The summed E-state index contributed by atoms with van der Waals surface area (Å²) < 4.78 is 27.7. The van der Waals surface area contributed by atoms with Gasteiger partial charge in [0.15, 0.2) is 11.7 Å². The molecule has 0 bridgehead atoms.